The molecule has 0 spiro atoms. The lowest BCUT2D eigenvalue weighted by atomic mass is 10.0. The van der Waals surface area contributed by atoms with Crippen LogP contribution in [0.4, 0.5) is 10.5 Å². The van der Waals surface area contributed by atoms with Gasteiger partial charge in [0, 0.05) is 11.2 Å². The van der Waals surface area contributed by atoms with Crippen LogP contribution in [0, 0.1) is 0 Å². The number of aliphatic hydroxyl groups excluding tert-OH is 1. The third-order valence-electron chi connectivity index (χ3n) is 4.63. The van der Waals surface area contributed by atoms with Crippen molar-refractivity contribution in [2.24, 2.45) is 0 Å². The van der Waals surface area contributed by atoms with Crippen LogP contribution in [0.3, 0.4) is 0 Å². The van der Waals surface area contributed by atoms with Crippen molar-refractivity contribution >= 4 is 17.7 Å². The van der Waals surface area contributed by atoms with Crippen LogP contribution in [-0.2, 0) is 22.4 Å². The highest BCUT2D eigenvalue weighted by atomic mass is 16.6. The Bertz CT molecular complexity index is 854. The molecule has 0 aliphatic carbocycles. The summed E-state index contributed by atoms with van der Waals surface area (Å²) in [5, 5.41) is 15.0. The molecule has 2 aromatic carbocycles. The molecular formula is C24H32N2O4. The molecule has 0 saturated heterocycles. The molecule has 0 aromatic heterocycles. The van der Waals surface area contributed by atoms with Crippen LogP contribution in [-0.4, -0.2) is 34.9 Å². The van der Waals surface area contributed by atoms with Crippen LogP contribution in [0.5, 0.6) is 0 Å². The number of aryl methyl sites for hydroxylation is 1. The Morgan fingerprint density at radius 3 is 1.87 bits per heavy atom. The molecule has 3 N–H and O–H groups in total. The fourth-order valence-electron chi connectivity index (χ4n) is 2.78. The van der Waals surface area contributed by atoms with Crippen LogP contribution in [0.15, 0.2) is 48.5 Å². The van der Waals surface area contributed by atoms with Gasteiger partial charge in [-0.2, -0.15) is 0 Å². The van der Waals surface area contributed by atoms with E-state index in [0.717, 1.165) is 18.4 Å². The highest BCUT2D eigenvalue weighted by Gasteiger charge is 2.37. The summed E-state index contributed by atoms with van der Waals surface area (Å²) >= 11 is 0. The Balaban J connectivity index is 2.00. The number of aliphatic hydroxyl groups is 1. The van der Waals surface area contributed by atoms with Crippen molar-refractivity contribution in [1.29, 1.82) is 0 Å². The first-order valence-electron chi connectivity index (χ1n) is 10.1. The van der Waals surface area contributed by atoms with E-state index in [9.17, 15) is 14.7 Å². The second-order valence-corrected chi connectivity index (χ2v) is 8.65. The first-order chi connectivity index (χ1) is 14.0. The Kier molecular flexibility index (Phi) is 7.62. The molecule has 0 aliphatic rings. The first kappa shape index (κ1) is 23.4. The quantitative estimate of drug-likeness (QED) is 0.640. The topological polar surface area (TPSA) is 87.7 Å². The van der Waals surface area contributed by atoms with Gasteiger partial charge in [-0.05, 0) is 69.4 Å². The van der Waals surface area contributed by atoms with Gasteiger partial charge in [-0.15, -0.1) is 0 Å². The van der Waals surface area contributed by atoms with E-state index in [-0.39, 0.29) is 0 Å². The molecular weight excluding hydrogens is 380 g/mol. The van der Waals surface area contributed by atoms with Gasteiger partial charge in [0.25, 0.3) is 5.91 Å². The number of carbonyl (C=O) groups is 2. The van der Waals surface area contributed by atoms with Crippen molar-refractivity contribution in [3.63, 3.8) is 0 Å². The average Bonchev–Trinajstić information content (AvgIpc) is 2.68. The van der Waals surface area contributed by atoms with Gasteiger partial charge in [-0.1, -0.05) is 43.3 Å². The molecule has 0 radical (unpaired) electrons. The Labute approximate surface area is 178 Å². The molecule has 1 atom stereocenters. The van der Waals surface area contributed by atoms with E-state index in [1.54, 1.807) is 32.9 Å². The lowest BCUT2D eigenvalue weighted by Crippen LogP contribution is -2.51. The number of alkyl carbamates (subject to hydrolysis) is 1. The number of hydrogen-bond acceptors (Lipinski definition) is 4. The Morgan fingerprint density at radius 2 is 1.40 bits per heavy atom. The summed E-state index contributed by atoms with van der Waals surface area (Å²) < 4.78 is 5.21. The minimum atomic E-state index is -1.70. The molecule has 0 heterocycles. The number of carbonyl (C=O) groups excluding carboxylic acids is 2. The maximum Gasteiger partial charge on any atom is 0.408 e. The summed E-state index contributed by atoms with van der Waals surface area (Å²) in [6.45, 7) is 8.26. The molecule has 2 amide bonds. The van der Waals surface area contributed by atoms with Gasteiger partial charge in [-0.25, -0.2) is 4.79 Å². The molecule has 1 unspecified atom stereocenters. The second-order valence-electron chi connectivity index (χ2n) is 8.65. The molecule has 2 rings (SSSR count). The lowest BCUT2D eigenvalue weighted by Gasteiger charge is -2.28. The number of rotatable bonds is 7. The van der Waals surface area contributed by atoms with E-state index in [2.05, 4.69) is 41.8 Å². The summed E-state index contributed by atoms with van der Waals surface area (Å²) in [5.41, 5.74) is 1.98. The van der Waals surface area contributed by atoms with Crippen molar-refractivity contribution in [2.45, 2.75) is 58.6 Å². The molecule has 6 nitrogen and oxygen atoms in total. The number of ether oxygens (including phenoxy) is 1. The van der Waals surface area contributed by atoms with Crippen LogP contribution >= 0.6 is 0 Å². The van der Waals surface area contributed by atoms with Gasteiger partial charge in [0.2, 0.25) is 5.60 Å². The normalized spacial score (nSPS) is 13.3. The summed E-state index contributed by atoms with van der Waals surface area (Å²) in [6.07, 6.45) is 1.05. The summed E-state index contributed by atoms with van der Waals surface area (Å²) in [4.78, 5) is 24.7. The molecule has 6 heteroatoms. The van der Waals surface area contributed by atoms with Crippen molar-refractivity contribution in [1.82, 2.24) is 5.32 Å². The van der Waals surface area contributed by atoms with Gasteiger partial charge in [0.05, 0.1) is 6.61 Å². The predicted octanol–water partition coefficient (Wildman–Crippen LogP) is 4.05. The molecule has 30 heavy (non-hydrogen) atoms. The predicted molar refractivity (Wildman–Crippen MR) is 119 cm³/mol. The number of amides is 2. The highest BCUT2D eigenvalue weighted by Crippen LogP contribution is 2.18. The lowest BCUT2D eigenvalue weighted by molar-refractivity contribution is -0.136. The van der Waals surface area contributed by atoms with Crippen LogP contribution in [0.25, 0.3) is 0 Å². The minimum Gasteiger partial charge on any atom is -0.431 e. The zero-order chi connectivity index (χ0) is 22.4. The maximum absolute atomic E-state index is 12.6. The number of nitrogens with one attached hydrogen (secondary N) is 2. The molecule has 0 aliphatic heterocycles. The minimum absolute atomic E-state index is 0.517. The largest absolute Gasteiger partial charge is 0.431 e. The highest BCUT2D eigenvalue weighted by molar-refractivity contribution is 5.98. The number of hydrogen-bond donors (Lipinski definition) is 3. The van der Waals surface area contributed by atoms with Crippen LogP contribution in [0.2, 0.25) is 0 Å². The van der Waals surface area contributed by atoms with Gasteiger partial charge < -0.3 is 20.5 Å². The second kappa shape index (κ2) is 9.76. The smallest absolute Gasteiger partial charge is 0.408 e. The molecule has 2 aromatic rings. The first-order valence-corrected chi connectivity index (χ1v) is 10.1. The van der Waals surface area contributed by atoms with Crippen molar-refractivity contribution in [3.05, 3.63) is 65.2 Å². The average molecular weight is 413 g/mol. The van der Waals surface area contributed by atoms with Crippen molar-refractivity contribution in [3.8, 4) is 0 Å². The molecule has 162 valence electrons. The van der Waals surface area contributed by atoms with E-state index in [4.69, 9.17) is 4.74 Å². The summed E-state index contributed by atoms with van der Waals surface area (Å²) in [6, 6.07) is 16.0. The van der Waals surface area contributed by atoms with Gasteiger partial charge >= 0.3 is 6.09 Å². The summed E-state index contributed by atoms with van der Waals surface area (Å²) in [5.74, 6) is -0.600. The van der Waals surface area contributed by atoms with Gasteiger partial charge in [0.1, 0.15) is 0 Å². The van der Waals surface area contributed by atoms with E-state index < -0.39 is 29.7 Å². The van der Waals surface area contributed by atoms with E-state index in [0.29, 0.717) is 5.69 Å². The number of benzene rings is 2. The Hall–Kier alpha value is -2.86. The zero-order valence-electron chi connectivity index (χ0n) is 18.4. The standard InChI is InChI=1S/C24H32N2O4/c1-6-17-7-9-18(10-8-17)15-19-11-13-20(14-12-19)25-21(28)24(5,16-27)30-22(29)26-23(2,3)4/h7-14,27H,6,15-16H2,1-5H3,(H,25,28)(H,26,29). The molecule has 0 bridgehead atoms. The monoisotopic (exact) mass is 412 g/mol. The van der Waals surface area contributed by atoms with E-state index >= 15 is 0 Å². The SMILES string of the molecule is CCc1ccc(Cc2ccc(NC(=O)C(C)(CO)OC(=O)NC(C)(C)C)cc2)cc1. The van der Waals surface area contributed by atoms with Crippen molar-refractivity contribution < 1.29 is 19.4 Å². The van der Waals surface area contributed by atoms with E-state index in [1.165, 1.54) is 18.1 Å². The third-order valence-corrected chi connectivity index (χ3v) is 4.63. The molecule has 0 fully saturated rings. The summed E-state index contributed by atoms with van der Waals surface area (Å²) in [7, 11) is 0. The van der Waals surface area contributed by atoms with Crippen LogP contribution in [0.1, 0.15) is 51.3 Å². The fraction of sp³-hybridized carbons (Fsp3) is 0.417. The maximum atomic E-state index is 12.6. The van der Waals surface area contributed by atoms with Gasteiger partial charge in [0.15, 0.2) is 0 Å². The zero-order valence-corrected chi connectivity index (χ0v) is 18.4. The van der Waals surface area contributed by atoms with E-state index in [1.807, 2.05) is 12.1 Å². The number of anilines is 1. The fourth-order valence-corrected chi connectivity index (χ4v) is 2.78. The van der Waals surface area contributed by atoms with Gasteiger partial charge in [-0.3, -0.25) is 4.79 Å². The molecule has 0 saturated carbocycles. The Morgan fingerprint density at radius 1 is 0.900 bits per heavy atom. The third kappa shape index (κ3) is 6.88. The van der Waals surface area contributed by atoms with Crippen molar-refractivity contribution in [2.75, 3.05) is 11.9 Å². The van der Waals surface area contributed by atoms with Crippen LogP contribution < -0.4 is 10.6 Å².